The topological polar surface area (TPSA) is 96.2 Å². The van der Waals surface area contributed by atoms with E-state index in [1.165, 1.54) is 6.33 Å². The number of nitrogens with zero attached hydrogens (tertiary/aromatic N) is 3. The number of rotatable bonds is 2. The smallest absolute Gasteiger partial charge is 0.220 e. The van der Waals surface area contributed by atoms with Gasteiger partial charge in [-0.2, -0.15) is 0 Å². The number of aromatic nitrogens is 2. The molecule has 2 aliphatic rings. The fraction of sp³-hybridized carbons (Fsp3) is 0.615. The molecule has 0 saturated carbocycles. The molecule has 0 bridgehead atoms. The fourth-order valence-corrected chi connectivity index (χ4v) is 3.21. The maximum absolute atomic E-state index is 11.4. The van der Waals surface area contributed by atoms with Crippen molar-refractivity contribution >= 4 is 17.5 Å². The summed E-state index contributed by atoms with van der Waals surface area (Å²) >= 11 is 0. The summed E-state index contributed by atoms with van der Waals surface area (Å²) in [6.07, 6.45) is 4.09. The largest absolute Gasteiger partial charge is 0.356 e. The van der Waals surface area contributed by atoms with E-state index in [1.54, 1.807) is 0 Å². The van der Waals surface area contributed by atoms with E-state index in [9.17, 15) is 4.79 Å². The zero-order valence-electron chi connectivity index (χ0n) is 11.6. The molecule has 1 aromatic heterocycles. The van der Waals surface area contributed by atoms with Crippen molar-refractivity contribution in [2.24, 2.45) is 11.8 Å². The van der Waals surface area contributed by atoms with Crippen LogP contribution in [0.5, 0.6) is 0 Å². The van der Waals surface area contributed by atoms with Crippen LogP contribution in [0.15, 0.2) is 6.33 Å². The summed E-state index contributed by atoms with van der Waals surface area (Å²) in [5, 5.41) is 3.10. The number of nitrogens with one attached hydrogen (secondary N) is 2. The lowest BCUT2D eigenvalue weighted by Crippen LogP contribution is -2.54. The Morgan fingerprint density at radius 2 is 2.30 bits per heavy atom. The third kappa shape index (κ3) is 2.29. The van der Waals surface area contributed by atoms with Crippen LogP contribution in [0.2, 0.25) is 0 Å². The van der Waals surface area contributed by atoms with Gasteiger partial charge in [0.1, 0.15) is 18.0 Å². The minimum absolute atomic E-state index is 0.188. The molecule has 3 heterocycles. The van der Waals surface area contributed by atoms with Crippen molar-refractivity contribution < 1.29 is 4.79 Å². The molecule has 0 radical (unpaired) electrons. The third-order valence-corrected chi connectivity index (χ3v) is 4.32. The quantitative estimate of drug-likeness (QED) is 0.526. The SMILES string of the molecule is Cc1c(NN)ncnc1N1CCC2NC(=O)CCC2C1. The maximum Gasteiger partial charge on any atom is 0.220 e. The highest BCUT2D eigenvalue weighted by atomic mass is 16.1. The normalized spacial score (nSPS) is 25.9. The number of carbonyl (C=O) groups excluding carboxylic acids is 1. The van der Waals surface area contributed by atoms with Crippen LogP contribution in [0, 0.1) is 12.8 Å². The maximum atomic E-state index is 11.4. The molecule has 108 valence electrons. The number of fused-ring (bicyclic) bond motifs is 1. The molecule has 1 amide bonds. The van der Waals surface area contributed by atoms with Crippen LogP contribution >= 0.6 is 0 Å². The number of piperidine rings is 2. The molecule has 1 aromatic rings. The van der Waals surface area contributed by atoms with Crippen LogP contribution in [0.3, 0.4) is 0 Å². The lowest BCUT2D eigenvalue weighted by Gasteiger charge is -2.42. The first-order valence-electron chi connectivity index (χ1n) is 7.01. The van der Waals surface area contributed by atoms with Crippen molar-refractivity contribution in [1.29, 1.82) is 0 Å². The Hall–Kier alpha value is -1.89. The Balaban J connectivity index is 1.78. The lowest BCUT2D eigenvalue weighted by atomic mass is 9.85. The van der Waals surface area contributed by atoms with E-state index in [0.29, 0.717) is 24.2 Å². The van der Waals surface area contributed by atoms with Gasteiger partial charge in [0.25, 0.3) is 0 Å². The zero-order chi connectivity index (χ0) is 14.1. The average Bonchev–Trinajstić information content (AvgIpc) is 2.47. The summed E-state index contributed by atoms with van der Waals surface area (Å²) in [7, 11) is 0. The molecular weight excluding hydrogens is 256 g/mol. The second kappa shape index (κ2) is 5.24. The number of anilines is 2. The molecule has 2 saturated heterocycles. The van der Waals surface area contributed by atoms with Gasteiger partial charge >= 0.3 is 0 Å². The summed E-state index contributed by atoms with van der Waals surface area (Å²) < 4.78 is 0. The predicted molar refractivity (Wildman–Crippen MR) is 76.1 cm³/mol. The van der Waals surface area contributed by atoms with E-state index < -0.39 is 0 Å². The minimum atomic E-state index is 0.188. The van der Waals surface area contributed by atoms with Crippen LogP contribution in [0.1, 0.15) is 24.8 Å². The molecule has 2 atom stereocenters. The van der Waals surface area contributed by atoms with Crippen LogP contribution in [-0.2, 0) is 4.79 Å². The number of amides is 1. The first kappa shape index (κ1) is 13.1. The van der Waals surface area contributed by atoms with E-state index in [1.807, 2.05) is 6.92 Å². The van der Waals surface area contributed by atoms with Crippen LogP contribution in [0.4, 0.5) is 11.6 Å². The molecule has 3 rings (SSSR count). The molecule has 7 heteroatoms. The Morgan fingerprint density at radius 3 is 3.10 bits per heavy atom. The molecular formula is C13H20N6O. The highest BCUT2D eigenvalue weighted by Gasteiger charge is 2.34. The lowest BCUT2D eigenvalue weighted by molar-refractivity contribution is -0.124. The Morgan fingerprint density at radius 1 is 1.45 bits per heavy atom. The number of nitrogen functional groups attached to an aromatic ring is 1. The molecule has 0 aliphatic carbocycles. The first-order valence-corrected chi connectivity index (χ1v) is 7.01. The number of hydrogen-bond acceptors (Lipinski definition) is 6. The average molecular weight is 276 g/mol. The second-order valence-electron chi connectivity index (χ2n) is 5.52. The molecule has 7 nitrogen and oxygen atoms in total. The summed E-state index contributed by atoms with van der Waals surface area (Å²) in [6.45, 7) is 3.79. The molecule has 2 aliphatic heterocycles. The van der Waals surface area contributed by atoms with Crippen molar-refractivity contribution in [3.8, 4) is 0 Å². The highest BCUT2D eigenvalue weighted by molar-refractivity contribution is 5.77. The summed E-state index contributed by atoms with van der Waals surface area (Å²) in [4.78, 5) is 22.2. The number of hydrogen-bond donors (Lipinski definition) is 3. The van der Waals surface area contributed by atoms with E-state index >= 15 is 0 Å². The van der Waals surface area contributed by atoms with Gasteiger partial charge in [0.2, 0.25) is 5.91 Å². The Labute approximate surface area is 117 Å². The van der Waals surface area contributed by atoms with Gasteiger partial charge in [-0.05, 0) is 25.7 Å². The van der Waals surface area contributed by atoms with E-state index in [4.69, 9.17) is 5.84 Å². The molecule has 2 unspecified atom stereocenters. The van der Waals surface area contributed by atoms with Gasteiger partial charge in [-0.25, -0.2) is 15.8 Å². The van der Waals surface area contributed by atoms with Gasteiger partial charge in [0, 0.05) is 31.1 Å². The van der Waals surface area contributed by atoms with Crippen molar-refractivity contribution in [3.05, 3.63) is 11.9 Å². The highest BCUT2D eigenvalue weighted by Crippen LogP contribution is 2.30. The van der Waals surface area contributed by atoms with Crippen molar-refractivity contribution in [3.63, 3.8) is 0 Å². The monoisotopic (exact) mass is 276 g/mol. The molecule has 2 fully saturated rings. The molecule has 20 heavy (non-hydrogen) atoms. The van der Waals surface area contributed by atoms with E-state index in [2.05, 4.69) is 25.6 Å². The van der Waals surface area contributed by atoms with E-state index in [0.717, 1.165) is 37.3 Å². The van der Waals surface area contributed by atoms with Crippen molar-refractivity contribution in [2.75, 3.05) is 23.4 Å². The third-order valence-electron chi connectivity index (χ3n) is 4.32. The summed E-state index contributed by atoms with van der Waals surface area (Å²) in [6, 6.07) is 0.321. The van der Waals surface area contributed by atoms with Crippen LogP contribution in [0.25, 0.3) is 0 Å². The van der Waals surface area contributed by atoms with Gasteiger partial charge in [-0.15, -0.1) is 0 Å². The van der Waals surface area contributed by atoms with Crippen LogP contribution in [-0.4, -0.2) is 35.0 Å². The van der Waals surface area contributed by atoms with Gasteiger partial charge < -0.3 is 15.6 Å². The standard InChI is InChI=1S/C13H20N6O/c1-8-12(18-14)15-7-16-13(8)19-5-4-10-9(6-19)2-3-11(20)17-10/h7,9-10H,2-6,14H2,1H3,(H,17,20)(H,15,16,18). The summed E-state index contributed by atoms with van der Waals surface area (Å²) in [5.74, 6) is 7.75. The first-order chi connectivity index (χ1) is 9.69. The number of carbonyl (C=O) groups is 1. The van der Waals surface area contributed by atoms with Gasteiger partial charge in [-0.1, -0.05) is 0 Å². The van der Waals surface area contributed by atoms with Crippen molar-refractivity contribution in [2.45, 2.75) is 32.2 Å². The van der Waals surface area contributed by atoms with Crippen LogP contribution < -0.4 is 21.5 Å². The van der Waals surface area contributed by atoms with E-state index in [-0.39, 0.29) is 5.91 Å². The second-order valence-corrected chi connectivity index (χ2v) is 5.52. The predicted octanol–water partition coefficient (Wildman–Crippen LogP) is 0.176. The molecule has 4 N–H and O–H groups in total. The van der Waals surface area contributed by atoms with Gasteiger partial charge in [-0.3, -0.25) is 4.79 Å². The fourth-order valence-electron chi connectivity index (χ4n) is 3.21. The van der Waals surface area contributed by atoms with Gasteiger partial charge in [0.05, 0.1) is 0 Å². The molecule has 0 aromatic carbocycles. The summed E-state index contributed by atoms with van der Waals surface area (Å²) in [5.41, 5.74) is 3.57. The Bertz CT molecular complexity index is 520. The molecule has 0 spiro atoms. The minimum Gasteiger partial charge on any atom is -0.356 e. The number of hydrazine groups is 1. The zero-order valence-corrected chi connectivity index (χ0v) is 11.6. The Kier molecular flexibility index (Phi) is 3.43. The number of nitrogens with two attached hydrogens (primary N) is 1. The van der Waals surface area contributed by atoms with Crippen molar-refractivity contribution in [1.82, 2.24) is 15.3 Å². The van der Waals surface area contributed by atoms with Gasteiger partial charge in [0.15, 0.2) is 0 Å².